The van der Waals surface area contributed by atoms with Gasteiger partial charge in [-0.05, 0) is 35.9 Å². The molecule has 3 N–H and O–H groups in total. The number of amides is 1. The highest BCUT2D eigenvalue weighted by Gasteiger charge is 2.06. The van der Waals surface area contributed by atoms with Crippen LogP contribution in [0.5, 0.6) is 0 Å². The molecule has 0 atom stereocenters. The number of H-pyrrole nitrogens is 2. The molecule has 3 aromatic rings. The van der Waals surface area contributed by atoms with Crippen molar-refractivity contribution in [2.24, 2.45) is 0 Å². The van der Waals surface area contributed by atoms with Gasteiger partial charge in [0, 0.05) is 10.7 Å². The number of rotatable bonds is 3. The van der Waals surface area contributed by atoms with Crippen LogP contribution in [0.1, 0.15) is 5.56 Å². The van der Waals surface area contributed by atoms with E-state index < -0.39 is 0 Å². The molecule has 3 rings (SSSR count). The number of carbonyl (C=O) groups excluding carboxylic acids is 1. The second-order valence-corrected chi connectivity index (χ2v) is 5.13. The lowest BCUT2D eigenvalue weighted by molar-refractivity contribution is -0.115. The van der Waals surface area contributed by atoms with Crippen LogP contribution in [0.15, 0.2) is 47.3 Å². The van der Waals surface area contributed by atoms with Crippen molar-refractivity contribution >= 4 is 34.2 Å². The smallest absolute Gasteiger partial charge is 0.323 e. The first-order valence-electron chi connectivity index (χ1n) is 6.36. The molecule has 6 heteroatoms. The number of aromatic amines is 2. The largest absolute Gasteiger partial charge is 0.326 e. The van der Waals surface area contributed by atoms with Crippen LogP contribution >= 0.6 is 11.6 Å². The molecule has 0 bridgehead atoms. The average Bonchev–Trinajstić information content (AvgIpc) is 2.78. The fourth-order valence-electron chi connectivity index (χ4n) is 2.15. The number of hydrogen-bond donors (Lipinski definition) is 3. The number of benzene rings is 2. The molecule has 0 spiro atoms. The lowest BCUT2D eigenvalue weighted by Crippen LogP contribution is -2.14. The van der Waals surface area contributed by atoms with Crippen molar-refractivity contribution in [1.82, 2.24) is 9.97 Å². The van der Waals surface area contributed by atoms with Gasteiger partial charge in [-0.1, -0.05) is 23.7 Å². The molecule has 0 unspecified atom stereocenters. The zero-order valence-corrected chi connectivity index (χ0v) is 11.7. The third kappa shape index (κ3) is 3.14. The zero-order chi connectivity index (χ0) is 14.8. The van der Waals surface area contributed by atoms with Crippen LogP contribution in [0.3, 0.4) is 0 Å². The number of halogens is 1. The van der Waals surface area contributed by atoms with Crippen LogP contribution in [0, 0.1) is 0 Å². The Hall–Kier alpha value is -2.53. The summed E-state index contributed by atoms with van der Waals surface area (Å²) in [4.78, 5) is 28.5. The molecule has 106 valence electrons. The van der Waals surface area contributed by atoms with E-state index in [9.17, 15) is 9.59 Å². The van der Waals surface area contributed by atoms with Gasteiger partial charge < -0.3 is 15.3 Å². The van der Waals surface area contributed by atoms with Gasteiger partial charge in [-0.25, -0.2) is 4.79 Å². The minimum Gasteiger partial charge on any atom is -0.326 e. The molecule has 0 aliphatic heterocycles. The molecular weight excluding hydrogens is 290 g/mol. The maximum atomic E-state index is 12.0. The predicted octanol–water partition coefficient (Wildman–Crippen LogP) is 2.69. The Morgan fingerprint density at radius 1 is 1.10 bits per heavy atom. The van der Waals surface area contributed by atoms with E-state index in [4.69, 9.17) is 11.6 Å². The summed E-state index contributed by atoms with van der Waals surface area (Å²) in [5.41, 5.74) is 2.56. The van der Waals surface area contributed by atoms with Gasteiger partial charge >= 0.3 is 5.69 Å². The zero-order valence-electron chi connectivity index (χ0n) is 10.9. The molecule has 0 saturated carbocycles. The lowest BCUT2D eigenvalue weighted by Gasteiger charge is -2.05. The monoisotopic (exact) mass is 301 g/mol. The van der Waals surface area contributed by atoms with Crippen molar-refractivity contribution in [3.05, 3.63) is 63.5 Å². The van der Waals surface area contributed by atoms with E-state index in [1.54, 1.807) is 30.3 Å². The van der Waals surface area contributed by atoms with E-state index >= 15 is 0 Å². The second kappa shape index (κ2) is 5.46. The molecule has 1 aromatic heterocycles. The fraction of sp³-hybridized carbons (Fsp3) is 0.0667. The Balaban J connectivity index is 1.75. The maximum absolute atomic E-state index is 12.0. The molecule has 1 heterocycles. The van der Waals surface area contributed by atoms with Gasteiger partial charge in [0.05, 0.1) is 17.5 Å². The summed E-state index contributed by atoms with van der Waals surface area (Å²) in [6.07, 6.45) is 0.238. The topological polar surface area (TPSA) is 77.8 Å². The van der Waals surface area contributed by atoms with Gasteiger partial charge in [0.2, 0.25) is 5.91 Å². The Kier molecular flexibility index (Phi) is 3.50. The van der Waals surface area contributed by atoms with E-state index in [1.807, 2.05) is 12.1 Å². The van der Waals surface area contributed by atoms with E-state index in [0.717, 1.165) is 5.56 Å². The first-order valence-corrected chi connectivity index (χ1v) is 6.74. The van der Waals surface area contributed by atoms with Crippen molar-refractivity contribution in [2.45, 2.75) is 6.42 Å². The van der Waals surface area contributed by atoms with E-state index in [1.165, 1.54) is 0 Å². The number of hydrogen-bond acceptors (Lipinski definition) is 2. The first-order chi connectivity index (χ1) is 10.1. The van der Waals surface area contributed by atoms with Crippen LogP contribution in [-0.2, 0) is 11.2 Å². The number of anilines is 1. The standard InChI is InChI=1S/C15H12ClN3O2/c16-10-3-1-2-9(6-10)7-14(20)17-11-4-5-12-13(8-11)19-15(21)18-12/h1-6,8H,7H2,(H,17,20)(H2,18,19,21). The number of imidazole rings is 1. The summed E-state index contributed by atoms with van der Waals surface area (Å²) in [6.45, 7) is 0. The molecule has 0 aliphatic carbocycles. The third-order valence-electron chi connectivity index (χ3n) is 3.05. The minimum absolute atomic E-state index is 0.144. The Morgan fingerprint density at radius 3 is 2.71 bits per heavy atom. The molecule has 2 aromatic carbocycles. The van der Waals surface area contributed by atoms with Crippen molar-refractivity contribution in [3.63, 3.8) is 0 Å². The maximum Gasteiger partial charge on any atom is 0.323 e. The van der Waals surface area contributed by atoms with Gasteiger partial charge in [0.1, 0.15) is 0 Å². The highest BCUT2D eigenvalue weighted by Crippen LogP contribution is 2.16. The Labute approximate surface area is 125 Å². The molecule has 0 radical (unpaired) electrons. The predicted molar refractivity (Wildman–Crippen MR) is 82.7 cm³/mol. The minimum atomic E-state index is -0.271. The van der Waals surface area contributed by atoms with Crippen LogP contribution in [0.2, 0.25) is 5.02 Å². The Morgan fingerprint density at radius 2 is 1.90 bits per heavy atom. The number of fused-ring (bicyclic) bond motifs is 1. The van der Waals surface area contributed by atoms with E-state index in [0.29, 0.717) is 21.7 Å². The average molecular weight is 302 g/mol. The second-order valence-electron chi connectivity index (χ2n) is 4.69. The first kappa shape index (κ1) is 13.5. The normalized spacial score (nSPS) is 10.7. The molecule has 21 heavy (non-hydrogen) atoms. The van der Waals surface area contributed by atoms with Gasteiger partial charge in [0.15, 0.2) is 0 Å². The highest BCUT2D eigenvalue weighted by molar-refractivity contribution is 6.30. The number of aromatic nitrogens is 2. The molecule has 1 amide bonds. The summed E-state index contributed by atoms with van der Waals surface area (Å²) in [5, 5.41) is 3.40. The summed E-state index contributed by atoms with van der Waals surface area (Å²) in [6, 6.07) is 12.4. The van der Waals surface area contributed by atoms with Crippen molar-refractivity contribution in [2.75, 3.05) is 5.32 Å². The number of carbonyl (C=O) groups is 1. The number of nitrogens with one attached hydrogen (secondary N) is 3. The van der Waals surface area contributed by atoms with Crippen molar-refractivity contribution in [3.8, 4) is 0 Å². The van der Waals surface area contributed by atoms with Gasteiger partial charge in [-0.2, -0.15) is 0 Å². The molecule has 0 aliphatic rings. The van der Waals surface area contributed by atoms with Gasteiger partial charge in [-0.15, -0.1) is 0 Å². The van der Waals surface area contributed by atoms with Crippen LogP contribution in [0.4, 0.5) is 5.69 Å². The van der Waals surface area contributed by atoms with Crippen LogP contribution in [0.25, 0.3) is 11.0 Å². The molecular formula is C15H12ClN3O2. The molecule has 0 fully saturated rings. The fourth-order valence-corrected chi connectivity index (χ4v) is 2.36. The summed E-state index contributed by atoms with van der Waals surface area (Å²) in [5.74, 6) is -0.144. The third-order valence-corrected chi connectivity index (χ3v) is 3.29. The summed E-state index contributed by atoms with van der Waals surface area (Å²) < 4.78 is 0. The summed E-state index contributed by atoms with van der Waals surface area (Å²) >= 11 is 5.89. The van der Waals surface area contributed by atoms with Gasteiger partial charge in [-0.3, -0.25) is 4.79 Å². The lowest BCUT2D eigenvalue weighted by atomic mass is 10.1. The van der Waals surface area contributed by atoms with Crippen molar-refractivity contribution < 1.29 is 4.79 Å². The van der Waals surface area contributed by atoms with E-state index in [-0.39, 0.29) is 18.0 Å². The Bertz CT molecular complexity index is 866. The quantitative estimate of drug-likeness (QED) is 0.695. The SMILES string of the molecule is O=C(Cc1cccc(Cl)c1)Nc1ccc2[nH]c(=O)[nH]c2c1. The van der Waals surface area contributed by atoms with Gasteiger partial charge in [0.25, 0.3) is 0 Å². The highest BCUT2D eigenvalue weighted by atomic mass is 35.5. The summed E-state index contributed by atoms with van der Waals surface area (Å²) in [7, 11) is 0. The molecule has 5 nitrogen and oxygen atoms in total. The van der Waals surface area contributed by atoms with Crippen LogP contribution in [-0.4, -0.2) is 15.9 Å². The van der Waals surface area contributed by atoms with Crippen molar-refractivity contribution in [1.29, 1.82) is 0 Å². The van der Waals surface area contributed by atoms with Crippen LogP contribution < -0.4 is 11.0 Å². The van der Waals surface area contributed by atoms with E-state index in [2.05, 4.69) is 15.3 Å². The molecule has 0 saturated heterocycles.